The number of aromatic carboxylic acids is 1. The third-order valence-electron chi connectivity index (χ3n) is 2.24. The molecule has 0 atom stereocenters. The zero-order valence-electron chi connectivity index (χ0n) is 8.51. The molecule has 0 spiro atoms. The van der Waals surface area contributed by atoms with Gasteiger partial charge < -0.3 is 9.52 Å². The molecule has 0 aliphatic carbocycles. The van der Waals surface area contributed by atoms with Crippen molar-refractivity contribution in [1.29, 1.82) is 0 Å². The number of furan rings is 1. The minimum Gasteiger partial charge on any atom is -0.475 e. The number of carbonyl (C=O) groups excluding carboxylic acids is 1. The van der Waals surface area contributed by atoms with Crippen LogP contribution in [0.2, 0.25) is 0 Å². The Bertz CT molecular complexity index is 586. The molecule has 4 nitrogen and oxygen atoms in total. The number of rotatable bonds is 3. The lowest BCUT2D eigenvalue weighted by Gasteiger charge is -2.01. The Hall–Kier alpha value is -2.43. The first-order valence-corrected chi connectivity index (χ1v) is 4.70. The van der Waals surface area contributed by atoms with E-state index in [1.54, 1.807) is 0 Å². The van der Waals surface area contributed by atoms with Gasteiger partial charge >= 0.3 is 5.97 Å². The first-order chi connectivity index (χ1) is 8.13. The lowest BCUT2D eigenvalue weighted by atomic mass is 10.1. The van der Waals surface area contributed by atoms with E-state index in [2.05, 4.69) is 0 Å². The van der Waals surface area contributed by atoms with Gasteiger partial charge in [-0.15, -0.1) is 0 Å². The number of aldehydes is 1. The van der Waals surface area contributed by atoms with Crippen LogP contribution in [-0.2, 0) is 0 Å². The van der Waals surface area contributed by atoms with E-state index < -0.39 is 11.8 Å². The van der Waals surface area contributed by atoms with E-state index in [0.717, 1.165) is 0 Å². The Morgan fingerprint density at radius 1 is 1.29 bits per heavy atom. The van der Waals surface area contributed by atoms with Crippen LogP contribution in [0, 0.1) is 5.82 Å². The largest absolute Gasteiger partial charge is 0.475 e. The van der Waals surface area contributed by atoms with Gasteiger partial charge in [0.25, 0.3) is 0 Å². The maximum atomic E-state index is 13.7. The van der Waals surface area contributed by atoms with Gasteiger partial charge in [0.05, 0.1) is 11.1 Å². The van der Waals surface area contributed by atoms with Crippen LogP contribution in [0.15, 0.2) is 34.7 Å². The highest BCUT2D eigenvalue weighted by Crippen LogP contribution is 2.26. The molecular formula is C12H7FO4. The van der Waals surface area contributed by atoms with Gasteiger partial charge in [0.1, 0.15) is 11.6 Å². The number of hydrogen-bond donors (Lipinski definition) is 1. The van der Waals surface area contributed by atoms with E-state index in [-0.39, 0.29) is 22.6 Å². The Morgan fingerprint density at radius 3 is 2.65 bits per heavy atom. The molecule has 0 aliphatic heterocycles. The second kappa shape index (κ2) is 4.21. The van der Waals surface area contributed by atoms with E-state index in [9.17, 15) is 14.0 Å². The zero-order valence-corrected chi connectivity index (χ0v) is 8.51. The van der Waals surface area contributed by atoms with Gasteiger partial charge in [0.2, 0.25) is 5.76 Å². The molecule has 0 bridgehead atoms. The molecule has 5 heteroatoms. The number of carboxylic acid groups (broad SMARTS) is 1. The maximum absolute atomic E-state index is 13.7. The standard InChI is InChI=1S/C12H7FO4/c13-11-7(6-14)2-1-3-8(11)9-4-5-10(17-9)12(15)16/h1-6H,(H,15,16). The molecular weight excluding hydrogens is 227 g/mol. The van der Waals surface area contributed by atoms with Crippen molar-refractivity contribution in [3.63, 3.8) is 0 Å². The van der Waals surface area contributed by atoms with Crippen molar-refractivity contribution in [2.75, 3.05) is 0 Å². The summed E-state index contributed by atoms with van der Waals surface area (Å²) in [5, 5.41) is 8.67. The van der Waals surface area contributed by atoms with Gasteiger partial charge in [0, 0.05) is 0 Å². The zero-order chi connectivity index (χ0) is 12.4. The summed E-state index contributed by atoms with van der Waals surface area (Å²) in [6.07, 6.45) is 0.389. The summed E-state index contributed by atoms with van der Waals surface area (Å²) < 4.78 is 18.7. The molecule has 0 unspecified atom stereocenters. The number of benzene rings is 1. The molecule has 0 amide bonds. The summed E-state index contributed by atoms with van der Waals surface area (Å²) in [6, 6.07) is 6.80. The summed E-state index contributed by atoms with van der Waals surface area (Å²) >= 11 is 0. The number of carbonyl (C=O) groups is 2. The summed E-state index contributed by atoms with van der Waals surface area (Å²) in [4.78, 5) is 21.2. The lowest BCUT2D eigenvalue weighted by molar-refractivity contribution is 0.0663. The summed E-state index contributed by atoms with van der Waals surface area (Å²) in [5.41, 5.74) is -0.0436. The molecule has 0 saturated carbocycles. The van der Waals surface area contributed by atoms with E-state index >= 15 is 0 Å². The highest BCUT2D eigenvalue weighted by molar-refractivity contribution is 5.85. The molecule has 17 heavy (non-hydrogen) atoms. The summed E-state index contributed by atoms with van der Waals surface area (Å²) in [7, 11) is 0. The average Bonchev–Trinajstić information content (AvgIpc) is 2.78. The smallest absolute Gasteiger partial charge is 0.371 e. The number of carboxylic acids is 1. The highest BCUT2D eigenvalue weighted by Gasteiger charge is 2.15. The molecule has 1 N–H and O–H groups in total. The normalized spacial score (nSPS) is 10.2. The third kappa shape index (κ3) is 1.94. The predicted octanol–water partition coefficient (Wildman–Crippen LogP) is 2.60. The van der Waals surface area contributed by atoms with Crippen LogP contribution in [0.1, 0.15) is 20.9 Å². The molecule has 0 radical (unpaired) electrons. The molecule has 86 valence electrons. The molecule has 0 saturated heterocycles. The van der Waals surface area contributed by atoms with Crippen molar-refractivity contribution in [1.82, 2.24) is 0 Å². The highest BCUT2D eigenvalue weighted by atomic mass is 19.1. The van der Waals surface area contributed by atoms with E-state index in [0.29, 0.717) is 6.29 Å². The van der Waals surface area contributed by atoms with Gasteiger partial charge in [0.15, 0.2) is 6.29 Å². The van der Waals surface area contributed by atoms with Crippen molar-refractivity contribution in [2.45, 2.75) is 0 Å². The van der Waals surface area contributed by atoms with Crippen LogP contribution in [-0.4, -0.2) is 17.4 Å². The predicted molar refractivity (Wildman–Crippen MR) is 56.4 cm³/mol. The van der Waals surface area contributed by atoms with Gasteiger partial charge in [-0.05, 0) is 24.3 Å². The molecule has 1 aromatic carbocycles. The van der Waals surface area contributed by atoms with Crippen molar-refractivity contribution in [2.24, 2.45) is 0 Å². The molecule has 1 heterocycles. The van der Waals surface area contributed by atoms with Crippen molar-refractivity contribution >= 4 is 12.3 Å². The first-order valence-electron chi connectivity index (χ1n) is 4.70. The van der Waals surface area contributed by atoms with Gasteiger partial charge in [-0.3, -0.25) is 4.79 Å². The topological polar surface area (TPSA) is 67.5 Å². The quantitative estimate of drug-likeness (QED) is 0.829. The Balaban J connectivity index is 2.52. The van der Waals surface area contributed by atoms with Crippen LogP contribution < -0.4 is 0 Å². The van der Waals surface area contributed by atoms with Crippen molar-refractivity contribution in [3.05, 3.63) is 47.5 Å². The molecule has 1 aromatic heterocycles. The summed E-state index contributed by atoms with van der Waals surface area (Å²) in [6.45, 7) is 0. The van der Waals surface area contributed by atoms with Gasteiger partial charge in [-0.25, -0.2) is 9.18 Å². The van der Waals surface area contributed by atoms with Crippen LogP contribution in [0.25, 0.3) is 11.3 Å². The minimum atomic E-state index is -1.23. The van der Waals surface area contributed by atoms with Crippen LogP contribution >= 0.6 is 0 Å². The SMILES string of the molecule is O=Cc1cccc(-c2ccc(C(=O)O)o2)c1F. The lowest BCUT2D eigenvalue weighted by Crippen LogP contribution is -1.92. The number of hydrogen-bond acceptors (Lipinski definition) is 3. The van der Waals surface area contributed by atoms with E-state index in [4.69, 9.17) is 9.52 Å². The fourth-order valence-electron chi connectivity index (χ4n) is 1.43. The van der Waals surface area contributed by atoms with Crippen molar-refractivity contribution in [3.8, 4) is 11.3 Å². The van der Waals surface area contributed by atoms with E-state index in [1.165, 1.54) is 30.3 Å². The maximum Gasteiger partial charge on any atom is 0.371 e. The van der Waals surface area contributed by atoms with Crippen LogP contribution in [0.4, 0.5) is 4.39 Å². The molecule has 2 rings (SSSR count). The number of halogens is 1. The Kier molecular flexibility index (Phi) is 2.74. The van der Waals surface area contributed by atoms with Gasteiger partial charge in [-0.2, -0.15) is 0 Å². The van der Waals surface area contributed by atoms with Crippen molar-refractivity contribution < 1.29 is 23.5 Å². The second-order valence-corrected chi connectivity index (χ2v) is 3.30. The monoisotopic (exact) mass is 234 g/mol. The fraction of sp³-hybridized carbons (Fsp3) is 0. The van der Waals surface area contributed by atoms with E-state index in [1.807, 2.05) is 0 Å². The van der Waals surface area contributed by atoms with Gasteiger partial charge in [-0.1, -0.05) is 6.07 Å². The summed E-state index contributed by atoms with van der Waals surface area (Å²) in [5.74, 6) is -2.17. The van der Waals surface area contributed by atoms with Crippen LogP contribution in [0.5, 0.6) is 0 Å². The van der Waals surface area contributed by atoms with Crippen LogP contribution in [0.3, 0.4) is 0 Å². The fourth-order valence-corrected chi connectivity index (χ4v) is 1.43. The minimum absolute atomic E-state index is 0.0575. The average molecular weight is 234 g/mol. The Morgan fingerprint density at radius 2 is 2.06 bits per heavy atom. The molecule has 2 aromatic rings. The first kappa shape index (κ1) is 11.1. The molecule has 0 fully saturated rings. The third-order valence-corrected chi connectivity index (χ3v) is 2.24. The molecule has 0 aliphatic rings. The second-order valence-electron chi connectivity index (χ2n) is 3.30. The Labute approximate surface area is 95.3 Å².